The van der Waals surface area contributed by atoms with Gasteiger partial charge in [-0.15, -0.1) is 0 Å². The lowest BCUT2D eigenvalue weighted by molar-refractivity contribution is 0.102. The lowest BCUT2D eigenvalue weighted by Crippen LogP contribution is -2.32. The third-order valence-electron chi connectivity index (χ3n) is 2.37. The molecule has 0 fully saturated rings. The zero-order valence-corrected chi connectivity index (χ0v) is 8.64. The minimum absolute atomic E-state index is 0.161. The number of nitrogens with one attached hydrogen (secondary N) is 1. The van der Waals surface area contributed by atoms with E-state index in [1.54, 1.807) is 0 Å². The molecular formula is C10H23NO. The van der Waals surface area contributed by atoms with Crippen molar-refractivity contribution in [1.82, 2.24) is 5.32 Å². The summed E-state index contributed by atoms with van der Waals surface area (Å²) in [7, 11) is 0. The average molecular weight is 173 g/mol. The molecule has 0 heterocycles. The second kappa shape index (κ2) is 7.56. The van der Waals surface area contributed by atoms with Crippen molar-refractivity contribution >= 4 is 0 Å². The van der Waals surface area contributed by atoms with E-state index in [9.17, 15) is 5.11 Å². The predicted molar refractivity (Wildman–Crippen MR) is 53.2 cm³/mol. The first-order valence-electron chi connectivity index (χ1n) is 5.14. The van der Waals surface area contributed by atoms with Crippen LogP contribution in [0.15, 0.2) is 0 Å². The highest BCUT2D eigenvalue weighted by Crippen LogP contribution is 2.11. The predicted octanol–water partition coefficient (Wildman–Crippen LogP) is 1.78. The highest BCUT2D eigenvalue weighted by molar-refractivity contribution is 4.68. The summed E-state index contributed by atoms with van der Waals surface area (Å²) in [5.74, 6) is 0.467. The molecule has 0 amide bonds. The molecule has 0 bridgehead atoms. The molecule has 2 nitrogen and oxygen atoms in total. The molecule has 12 heavy (non-hydrogen) atoms. The van der Waals surface area contributed by atoms with E-state index >= 15 is 0 Å². The summed E-state index contributed by atoms with van der Waals surface area (Å²) < 4.78 is 0. The smallest absolute Gasteiger partial charge is 0.0692 e. The van der Waals surface area contributed by atoms with Crippen LogP contribution >= 0.6 is 0 Å². The van der Waals surface area contributed by atoms with Gasteiger partial charge in [0.05, 0.1) is 6.10 Å². The summed E-state index contributed by atoms with van der Waals surface area (Å²) in [6.07, 6.45) is 3.12. The average Bonchev–Trinajstić information content (AvgIpc) is 2.07. The van der Waals surface area contributed by atoms with E-state index in [1.165, 1.54) is 0 Å². The fraction of sp³-hybridized carbons (Fsp3) is 1.00. The van der Waals surface area contributed by atoms with Crippen LogP contribution in [0.5, 0.6) is 0 Å². The minimum atomic E-state index is -0.161. The van der Waals surface area contributed by atoms with Gasteiger partial charge in [0.1, 0.15) is 0 Å². The van der Waals surface area contributed by atoms with Gasteiger partial charge < -0.3 is 10.4 Å². The molecule has 0 spiro atoms. The number of hydrogen-bond donors (Lipinski definition) is 2. The first-order chi connectivity index (χ1) is 5.76. The second-order valence-electron chi connectivity index (χ2n) is 3.35. The maximum Gasteiger partial charge on any atom is 0.0692 e. The number of aliphatic hydroxyl groups excluding tert-OH is 1. The van der Waals surface area contributed by atoms with E-state index in [2.05, 4.69) is 26.1 Å². The Morgan fingerprint density at radius 2 is 1.75 bits per heavy atom. The van der Waals surface area contributed by atoms with Gasteiger partial charge in [0, 0.05) is 6.54 Å². The molecule has 1 unspecified atom stereocenters. The lowest BCUT2D eigenvalue weighted by Gasteiger charge is -2.20. The molecule has 0 saturated heterocycles. The second-order valence-corrected chi connectivity index (χ2v) is 3.35. The Morgan fingerprint density at radius 1 is 1.17 bits per heavy atom. The van der Waals surface area contributed by atoms with Gasteiger partial charge in [-0.1, -0.05) is 33.6 Å². The zero-order chi connectivity index (χ0) is 9.40. The van der Waals surface area contributed by atoms with Gasteiger partial charge in [0.15, 0.2) is 0 Å². The molecule has 0 aliphatic rings. The van der Waals surface area contributed by atoms with Crippen molar-refractivity contribution in [3.63, 3.8) is 0 Å². The van der Waals surface area contributed by atoms with Crippen molar-refractivity contribution in [1.29, 1.82) is 0 Å². The molecule has 2 N–H and O–H groups in total. The molecule has 1 atom stereocenters. The van der Waals surface area contributed by atoms with Gasteiger partial charge in [-0.2, -0.15) is 0 Å². The number of aliphatic hydroxyl groups is 1. The lowest BCUT2D eigenvalue weighted by atomic mass is 9.96. The fourth-order valence-corrected chi connectivity index (χ4v) is 1.43. The largest absolute Gasteiger partial charge is 0.392 e. The van der Waals surface area contributed by atoms with Crippen LogP contribution in [0, 0.1) is 5.92 Å². The monoisotopic (exact) mass is 173 g/mol. The molecule has 0 aromatic carbocycles. The van der Waals surface area contributed by atoms with Gasteiger partial charge >= 0.3 is 0 Å². The van der Waals surface area contributed by atoms with Crippen molar-refractivity contribution in [3.05, 3.63) is 0 Å². The van der Waals surface area contributed by atoms with Crippen LogP contribution in [0.1, 0.15) is 40.0 Å². The summed E-state index contributed by atoms with van der Waals surface area (Å²) in [6.45, 7) is 8.17. The van der Waals surface area contributed by atoms with Crippen LogP contribution in [0.2, 0.25) is 0 Å². The maximum atomic E-state index is 9.67. The Balaban J connectivity index is 3.47. The molecule has 0 aromatic rings. The van der Waals surface area contributed by atoms with Crippen LogP contribution in [0.3, 0.4) is 0 Å². The highest BCUT2D eigenvalue weighted by Gasteiger charge is 2.13. The standard InChI is InChI=1S/C10H23NO/c1-4-7-11-8-10(12)9(5-2)6-3/h9-12H,4-8H2,1-3H3. The molecule has 2 heteroatoms. The Morgan fingerprint density at radius 3 is 2.17 bits per heavy atom. The quantitative estimate of drug-likeness (QED) is 0.575. The maximum absolute atomic E-state index is 9.67. The van der Waals surface area contributed by atoms with Crippen LogP contribution in [0.4, 0.5) is 0 Å². The summed E-state index contributed by atoms with van der Waals surface area (Å²) in [5, 5.41) is 12.9. The van der Waals surface area contributed by atoms with Crippen LogP contribution in [-0.4, -0.2) is 24.3 Å². The SMILES string of the molecule is CCCNCC(O)C(CC)CC. The molecule has 0 aliphatic heterocycles. The Hall–Kier alpha value is -0.0800. The van der Waals surface area contributed by atoms with Gasteiger partial charge in [0.25, 0.3) is 0 Å². The van der Waals surface area contributed by atoms with Crippen molar-refractivity contribution < 1.29 is 5.11 Å². The number of hydrogen-bond acceptors (Lipinski definition) is 2. The molecule has 0 rings (SSSR count). The molecule has 74 valence electrons. The summed E-state index contributed by atoms with van der Waals surface area (Å²) in [4.78, 5) is 0. The molecule has 0 radical (unpaired) electrons. The van der Waals surface area contributed by atoms with Crippen molar-refractivity contribution in [3.8, 4) is 0 Å². The highest BCUT2D eigenvalue weighted by atomic mass is 16.3. The summed E-state index contributed by atoms with van der Waals surface area (Å²) in [5.41, 5.74) is 0. The van der Waals surface area contributed by atoms with E-state index in [0.717, 1.165) is 32.4 Å². The van der Waals surface area contributed by atoms with Gasteiger partial charge in [0.2, 0.25) is 0 Å². The van der Waals surface area contributed by atoms with Crippen molar-refractivity contribution in [2.45, 2.75) is 46.1 Å². The Labute approximate surface area is 76.4 Å². The zero-order valence-electron chi connectivity index (χ0n) is 8.64. The van der Waals surface area contributed by atoms with Crippen LogP contribution in [0.25, 0.3) is 0 Å². The van der Waals surface area contributed by atoms with Gasteiger partial charge in [-0.3, -0.25) is 0 Å². The molecule has 0 aliphatic carbocycles. The van der Waals surface area contributed by atoms with E-state index in [1.807, 2.05) is 0 Å². The Bertz CT molecular complexity index is 91.8. The van der Waals surface area contributed by atoms with Crippen LogP contribution in [-0.2, 0) is 0 Å². The fourth-order valence-electron chi connectivity index (χ4n) is 1.43. The normalized spacial score (nSPS) is 13.8. The van der Waals surface area contributed by atoms with E-state index in [4.69, 9.17) is 0 Å². The molecular weight excluding hydrogens is 150 g/mol. The number of rotatable bonds is 7. The minimum Gasteiger partial charge on any atom is -0.392 e. The van der Waals surface area contributed by atoms with Crippen LogP contribution < -0.4 is 5.32 Å². The Kier molecular flexibility index (Phi) is 7.51. The van der Waals surface area contributed by atoms with Gasteiger partial charge in [-0.25, -0.2) is 0 Å². The van der Waals surface area contributed by atoms with Crippen molar-refractivity contribution in [2.75, 3.05) is 13.1 Å². The van der Waals surface area contributed by atoms with Crippen molar-refractivity contribution in [2.24, 2.45) is 5.92 Å². The topological polar surface area (TPSA) is 32.3 Å². The molecule has 0 saturated carbocycles. The van der Waals surface area contributed by atoms with E-state index in [-0.39, 0.29) is 6.10 Å². The van der Waals surface area contributed by atoms with E-state index < -0.39 is 0 Å². The summed E-state index contributed by atoms with van der Waals surface area (Å²) in [6, 6.07) is 0. The van der Waals surface area contributed by atoms with E-state index in [0.29, 0.717) is 5.92 Å². The molecule has 0 aromatic heterocycles. The summed E-state index contributed by atoms with van der Waals surface area (Å²) >= 11 is 0. The first kappa shape index (κ1) is 11.9. The third kappa shape index (κ3) is 4.73. The van der Waals surface area contributed by atoms with Gasteiger partial charge in [-0.05, 0) is 18.9 Å². The first-order valence-corrected chi connectivity index (χ1v) is 5.14. The third-order valence-corrected chi connectivity index (χ3v) is 2.37.